The van der Waals surface area contributed by atoms with Gasteiger partial charge in [0.1, 0.15) is 5.75 Å². The van der Waals surface area contributed by atoms with Crippen molar-refractivity contribution in [1.82, 2.24) is 9.97 Å². The van der Waals surface area contributed by atoms with Crippen LogP contribution in [0, 0.1) is 0 Å². The highest BCUT2D eigenvalue weighted by Gasteiger charge is 2.90. The van der Waals surface area contributed by atoms with Gasteiger partial charge in [0.25, 0.3) is 0 Å². The summed E-state index contributed by atoms with van der Waals surface area (Å²) >= 11 is 0. The van der Waals surface area contributed by atoms with Crippen molar-refractivity contribution in [3.05, 3.63) is 36.7 Å². The van der Waals surface area contributed by atoms with Crippen LogP contribution in [0.3, 0.4) is 0 Å². The number of rotatable bonds is 23. The van der Waals surface area contributed by atoms with Crippen molar-refractivity contribution < 1.29 is 66.5 Å². The molecule has 18 heteroatoms. The Labute approximate surface area is 289 Å². The molecule has 0 bridgehead atoms. The zero-order valence-corrected chi connectivity index (χ0v) is 29.5. The minimum absolute atomic E-state index is 0.0409. The Morgan fingerprint density at radius 3 is 1.67 bits per heavy atom. The van der Waals surface area contributed by atoms with Crippen molar-refractivity contribution in [2.24, 2.45) is 0 Å². The van der Waals surface area contributed by atoms with E-state index in [0.29, 0.717) is 23.7 Å². The molecule has 51 heavy (non-hydrogen) atoms. The van der Waals surface area contributed by atoms with Gasteiger partial charge in [-0.2, -0.15) is 57.1 Å². The van der Waals surface area contributed by atoms with Crippen LogP contribution in [0.15, 0.2) is 36.7 Å². The largest absolute Gasteiger partial charge is 0.493 e. The van der Waals surface area contributed by atoms with Gasteiger partial charge in [-0.25, -0.2) is 9.97 Å². The molecule has 4 nitrogen and oxygen atoms in total. The SMILES string of the molecule is CCCCCCCCCCOc1ccccc1-c1ncc(OCCC[Si](C)(C)CCC(F)(F)C(F)(F)C(F)(F)C(F)(F)C(F)(F)C(F)(F)F)cn1. The monoisotopic (exact) mass is 774 g/mol. The molecule has 1 aromatic heterocycles. The first-order chi connectivity index (χ1) is 23.5. The number of hydrogen-bond acceptors (Lipinski definition) is 4. The number of aromatic nitrogens is 2. The standard InChI is InChI=1S/C33H43F13N2O2Si/c1-4-5-6-7-8-9-10-13-18-50-26-16-12-11-15-25(26)27-47-22-24(23-48-27)49-19-14-20-51(2,3)21-17-28(34,35)29(36,37)30(38,39)31(40,41)32(42,43)33(44,45)46/h11-12,15-16,22-23H,4-10,13-14,17-21H2,1-3H3. The predicted octanol–water partition coefficient (Wildman–Crippen LogP) is 12.3. The molecule has 0 aliphatic rings. The first-order valence-electron chi connectivity index (χ1n) is 16.6. The summed E-state index contributed by atoms with van der Waals surface area (Å²) in [5, 5.41) is 0. The van der Waals surface area contributed by atoms with E-state index < -0.39 is 56.3 Å². The molecule has 0 N–H and O–H groups in total. The molecule has 2 aromatic rings. The summed E-state index contributed by atoms with van der Waals surface area (Å²) in [7, 11) is -2.99. The number of alkyl halides is 13. The quantitative estimate of drug-likeness (QED) is 0.0641. The highest BCUT2D eigenvalue weighted by molar-refractivity contribution is 6.77. The van der Waals surface area contributed by atoms with E-state index in [-0.39, 0.29) is 24.8 Å². The molecule has 0 fully saturated rings. The van der Waals surface area contributed by atoms with Crippen LogP contribution in [0.1, 0.15) is 71.1 Å². The van der Waals surface area contributed by atoms with Gasteiger partial charge in [-0.3, -0.25) is 0 Å². The molecule has 0 aliphatic carbocycles. The van der Waals surface area contributed by atoms with Crippen LogP contribution in [-0.2, 0) is 0 Å². The lowest BCUT2D eigenvalue weighted by Gasteiger charge is -2.40. The molecule has 1 aromatic carbocycles. The Balaban J connectivity index is 1.89. The second-order valence-electron chi connectivity index (χ2n) is 13.2. The van der Waals surface area contributed by atoms with Gasteiger partial charge in [0.05, 0.1) is 31.2 Å². The van der Waals surface area contributed by atoms with Crippen molar-refractivity contribution in [1.29, 1.82) is 0 Å². The Morgan fingerprint density at radius 1 is 0.588 bits per heavy atom. The molecule has 0 saturated carbocycles. The van der Waals surface area contributed by atoms with Gasteiger partial charge in [-0.05, 0) is 25.0 Å². The molecule has 0 spiro atoms. The van der Waals surface area contributed by atoms with E-state index >= 15 is 0 Å². The zero-order chi connectivity index (χ0) is 38.8. The molecular formula is C33H43F13N2O2Si. The normalized spacial score (nSPS) is 13.8. The number of hydrogen-bond donors (Lipinski definition) is 0. The van der Waals surface area contributed by atoms with Crippen molar-refractivity contribution in [3.8, 4) is 22.9 Å². The summed E-state index contributed by atoms with van der Waals surface area (Å²) in [6.45, 7) is 5.43. The van der Waals surface area contributed by atoms with Crippen molar-refractivity contribution in [2.75, 3.05) is 13.2 Å². The summed E-state index contributed by atoms with van der Waals surface area (Å²) in [6, 6.07) is 6.39. The summed E-state index contributed by atoms with van der Waals surface area (Å²) in [5.74, 6) is -35.5. The first kappa shape index (κ1) is 44.4. The van der Waals surface area contributed by atoms with E-state index in [1.54, 1.807) is 18.2 Å². The van der Waals surface area contributed by atoms with Crippen molar-refractivity contribution >= 4 is 8.07 Å². The Kier molecular flexibility index (Phi) is 15.5. The Morgan fingerprint density at radius 2 is 1.10 bits per heavy atom. The van der Waals surface area contributed by atoms with Gasteiger partial charge in [0.15, 0.2) is 11.6 Å². The summed E-state index contributed by atoms with van der Waals surface area (Å²) in [6.07, 6.45) is 2.53. The molecule has 292 valence electrons. The van der Waals surface area contributed by atoms with Crippen LogP contribution < -0.4 is 9.47 Å². The highest BCUT2D eigenvalue weighted by atomic mass is 28.3. The smallest absolute Gasteiger partial charge is 0.460 e. The van der Waals surface area contributed by atoms with E-state index in [9.17, 15) is 57.1 Å². The predicted molar refractivity (Wildman–Crippen MR) is 168 cm³/mol. The first-order valence-corrected chi connectivity index (χ1v) is 20.0. The zero-order valence-electron chi connectivity index (χ0n) is 28.5. The number of benzene rings is 1. The lowest BCUT2D eigenvalue weighted by molar-refractivity contribution is -0.439. The lowest BCUT2D eigenvalue weighted by Crippen LogP contribution is -2.70. The van der Waals surface area contributed by atoms with Gasteiger partial charge >= 0.3 is 35.8 Å². The summed E-state index contributed by atoms with van der Waals surface area (Å²) in [5.41, 5.74) is 0.647. The van der Waals surface area contributed by atoms with Crippen LogP contribution >= 0.6 is 0 Å². The molecule has 0 atom stereocenters. The molecular weight excluding hydrogens is 731 g/mol. The maximum absolute atomic E-state index is 14.3. The van der Waals surface area contributed by atoms with E-state index in [0.717, 1.165) is 19.3 Å². The van der Waals surface area contributed by atoms with E-state index in [4.69, 9.17) is 9.47 Å². The van der Waals surface area contributed by atoms with E-state index in [1.807, 2.05) is 6.07 Å². The topological polar surface area (TPSA) is 44.2 Å². The Bertz CT molecular complexity index is 1340. The lowest BCUT2D eigenvalue weighted by atomic mass is 9.93. The number of nitrogens with zero attached hydrogens (tertiary/aromatic N) is 2. The fourth-order valence-corrected chi connectivity index (χ4v) is 7.39. The molecule has 0 unspecified atom stereocenters. The van der Waals surface area contributed by atoms with Gasteiger partial charge in [0, 0.05) is 14.5 Å². The summed E-state index contributed by atoms with van der Waals surface area (Å²) < 4.78 is 186. The average molecular weight is 775 g/mol. The minimum atomic E-state index is -7.89. The number of unbranched alkanes of at least 4 members (excludes halogenated alkanes) is 7. The molecule has 0 aliphatic heterocycles. The van der Waals surface area contributed by atoms with Crippen molar-refractivity contribution in [3.63, 3.8) is 0 Å². The molecule has 2 rings (SSSR count). The maximum Gasteiger partial charge on any atom is 0.460 e. The van der Waals surface area contributed by atoms with Gasteiger partial charge < -0.3 is 9.47 Å². The Hall–Kier alpha value is -2.79. The number of ether oxygens (including phenoxy) is 2. The van der Waals surface area contributed by atoms with Crippen LogP contribution in [-0.4, -0.2) is 67.0 Å². The number of para-hydroxylation sites is 1. The minimum Gasteiger partial charge on any atom is -0.493 e. The number of halogens is 13. The average Bonchev–Trinajstić information content (AvgIpc) is 3.05. The highest BCUT2D eigenvalue weighted by Crippen LogP contribution is 2.61. The van der Waals surface area contributed by atoms with E-state index in [2.05, 4.69) is 16.9 Å². The van der Waals surface area contributed by atoms with E-state index in [1.165, 1.54) is 57.6 Å². The fraction of sp³-hybridized carbons (Fsp3) is 0.697. The summed E-state index contributed by atoms with van der Waals surface area (Å²) in [4.78, 5) is 8.58. The van der Waals surface area contributed by atoms with Crippen molar-refractivity contribution in [2.45, 2.75) is 132 Å². The van der Waals surface area contributed by atoms with Gasteiger partial charge in [-0.15, -0.1) is 0 Å². The second-order valence-corrected chi connectivity index (χ2v) is 18.5. The third-order valence-corrected chi connectivity index (χ3v) is 11.7. The second kappa shape index (κ2) is 17.8. The van der Waals surface area contributed by atoms with Crippen LogP contribution in [0.4, 0.5) is 57.1 Å². The maximum atomic E-state index is 14.3. The molecule has 0 saturated heterocycles. The third-order valence-electron chi connectivity index (χ3n) is 8.39. The molecule has 0 radical (unpaired) electrons. The third kappa shape index (κ3) is 11.1. The van der Waals surface area contributed by atoms with Gasteiger partial charge in [-0.1, -0.05) is 89.2 Å². The fourth-order valence-electron chi connectivity index (χ4n) is 5.05. The van der Waals surface area contributed by atoms with Crippen LogP contribution in [0.25, 0.3) is 11.4 Å². The van der Waals surface area contributed by atoms with Crippen LogP contribution in [0.5, 0.6) is 11.5 Å². The van der Waals surface area contributed by atoms with Gasteiger partial charge in [0.2, 0.25) is 0 Å². The molecule has 1 heterocycles. The molecule has 0 amide bonds. The van der Waals surface area contributed by atoms with Crippen LogP contribution in [0.2, 0.25) is 25.2 Å².